The van der Waals surface area contributed by atoms with Crippen LogP contribution in [0, 0.1) is 0 Å². The number of aliphatic hydroxyl groups is 1. The standard InChI is InChI=1S/C34H28N4O5S2/c1-37(2)24-13-10-21(11-14-24)29-28(30(39)22-12-15-26-27(18-22)43-17-16-42-26)31(40)32(41)38(29)33-35-36-34(45-33)44-19-23-8-5-7-20-6-3-4-9-25(20)23/h3-15,18,29,39H,16-17,19H2,1-2H3/b30-28+. The summed E-state index contributed by atoms with van der Waals surface area (Å²) < 4.78 is 12.0. The molecule has 11 heteroatoms. The minimum atomic E-state index is -0.918. The minimum absolute atomic E-state index is 0.0329. The SMILES string of the molecule is CN(C)c1ccc(C2/C(=C(\O)c3ccc4c(c3)OCCO4)C(=O)C(=O)N2c2nnc(SCc3cccc4ccccc34)s2)cc1. The van der Waals surface area contributed by atoms with Gasteiger partial charge in [-0.3, -0.25) is 14.5 Å². The average molecular weight is 637 g/mol. The van der Waals surface area contributed by atoms with Crippen LogP contribution in [0.1, 0.15) is 22.7 Å². The highest BCUT2D eigenvalue weighted by molar-refractivity contribution is 8.00. The molecule has 9 nitrogen and oxygen atoms in total. The number of Topliss-reactive ketones (excluding diaryl/α,β-unsaturated/α-hetero) is 1. The van der Waals surface area contributed by atoms with E-state index in [2.05, 4.69) is 34.5 Å². The number of aliphatic hydroxyl groups excluding tert-OH is 1. The number of carbonyl (C=O) groups is 2. The third kappa shape index (κ3) is 5.38. The van der Waals surface area contributed by atoms with E-state index in [1.54, 1.807) is 18.2 Å². The van der Waals surface area contributed by atoms with Crippen LogP contribution in [0.3, 0.4) is 0 Å². The number of anilines is 2. The van der Waals surface area contributed by atoms with E-state index in [9.17, 15) is 14.7 Å². The van der Waals surface area contributed by atoms with Crippen LogP contribution in [-0.2, 0) is 15.3 Å². The summed E-state index contributed by atoms with van der Waals surface area (Å²) in [6.45, 7) is 0.800. The Morgan fingerprint density at radius 2 is 1.71 bits per heavy atom. The highest BCUT2D eigenvalue weighted by Crippen LogP contribution is 2.45. The minimum Gasteiger partial charge on any atom is -0.507 e. The Morgan fingerprint density at radius 1 is 0.956 bits per heavy atom. The number of ether oxygens (including phenoxy) is 2. The third-order valence-corrected chi connectivity index (χ3v) is 9.92. The van der Waals surface area contributed by atoms with Crippen molar-refractivity contribution in [2.75, 3.05) is 37.1 Å². The van der Waals surface area contributed by atoms with Crippen LogP contribution in [0.5, 0.6) is 11.5 Å². The van der Waals surface area contributed by atoms with Gasteiger partial charge in [0.2, 0.25) is 5.13 Å². The van der Waals surface area contributed by atoms with Crippen LogP contribution in [0.4, 0.5) is 10.8 Å². The molecule has 0 aliphatic carbocycles. The van der Waals surface area contributed by atoms with E-state index < -0.39 is 17.7 Å². The molecule has 1 N–H and O–H groups in total. The molecule has 2 aliphatic rings. The fraction of sp³-hybridized carbons (Fsp3) is 0.176. The first kappa shape index (κ1) is 28.9. The number of ketones is 1. The molecule has 0 bridgehead atoms. The van der Waals surface area contributed by atoms with Gasteiger partial charge in [0.05, 0.1) is 11.6 Å². The molecule has 1 amide bonds. The zero-order chi connectivity index (χ0) is 31.1. The number of benzene rings is 4. The Labute approximate surface area is 267 Å². The van der Waals surface area contributed by atoms with Gasteiger partial charge in [0, 0.05) is 31.1 Å². The highest BCUT2D eigenvalue weighted by atomic mass is 32.2. The summed E-state index contributed by atoms with van der Waals surface area (Å²) in [5.41, 5.74) is 3.07. The lowest BCUT2D eigenvalue weighted by molar-refractivity contribution is -0.132. The predicted octanol–water partition coefficient (Wildman–Crippen LogP) is 6.45. The topological polar surface area (TPSA) is 105 Å². The van der Waals surface area contributed by atoms with E-state index in [1.807, 2.05) is 61.5 Å². The molecule has 7 rings (SSSR count). The van der Waals surface area contributed by atoms with Gasteiger partial charge in [-0.25, -0.2) is 0 Å². The van der Waals surface area contributed by atoms with Crippen molar-refractivity contribution in [2.24, 2.45) is 0 Å². The van der Waals surface area contributed by atoms with Crippen LogP contribution < -0.4 is 19.3 Å². The van der Waals surface area contributed by atoms with Crippen LogP contribution in [0.25, 0.3) is 16.5 Å². The second kappa shape index (κ2) is 11.9. The summed E-state index contributed by atoms with van der Waals surface area (Å²) in [4.78, 5) is 30.7. The van der Waals surface area contributed by atoms with Crippen LogP contribution in [0.15, 0.2) is 94.8 Å². The van der Waals surface area contributed by atoms with Crippen molar-refractivity contribution in [2.45, 2.75) is 16.1 Å². The molecule has 1 fully saturated rings. The summed E-state index contributed by atoms with van der Waals surface area (Å²) in [6, 6.07) is 26.0. The maximum absolute atomic E-state index is 13.7. The Hall–Kier alpha value is -4.87. The molecule has 3 heterocycles. The first-order valence-corrected chi connectivity index (χ1v) is 16.1. The zero-order valence-corrected chi connectivity index (χ0v) is 26.1. The van der Waals surface area contributed by atoms with Gasteiger partial charge in [-0.15, -0.1) is 10.2 Å². The first-order chi connectivity index (χ1) is 21.9. The van der Waals surface area contributed by atoms with Gasteiger partial charge >= 0.3 is 5.91 Å². The quantitative estimate of drug-likeness (QED) is 0.0710. The molecule has 1 aromatic heterocycles. The van der Waals surface area contributed by atoms with Gasteiger partial charge in [0.15, 0.2) is 15.8 Å². The molecule has 5 aromatic rings. The van der Waals surface area contributed by atoms with E-state index in [0.717, 1.165) is 16.6 Å². The molecule has 1 atom stereocenters. The number of amides is 1. The number of carbonyl (C=O) groups excluding carboxylic acids is 2. The normalized spacial score (nSPS) is 17.2. The lowest BCUT2D eigenvalue weighted by Crippen LogP contribution is -2.29. The van der Waals surface area contributed by atoms with Crippen LogP contribution in [0.2, 0.25) is 0 Å². The molecule has 0 radical (unpaired) electrons. The van der Waals surface area contributed by atoms with E-state index >= 15 is 0 Å². The maximum Gasteiger partial charge on any atom is 0.301 e. The summed E-state index contributed by atoms with van der Waals surface area (Å²) >= 11 is 2.76. The molecule has 2 aliphatic heterocycles. The van der Waals surface area contributed by atoms with E-state index in [1.165, 1.54) is 33.4 Å². The summed E-state index contributed by atoms with van der Waals surface area (Å²) in [7, 11) is 3.86. The summed E-state index contributed by atoms with van der Waals surface area (Å²) in [6.07, 6.45) is 0. The Bertz CT molecular complexity index is 1970. The summed E-state index contributed by atoms with van der Waals surface area (Å²) in [5.74, 6) is -0.208. The van der Waals surface area contributed by atoms with Crippen molar-refractivity contribution in [3.63, 3.8) is 0 Å². The number of hydrogen-bond acceptors (Lipinski definition) is 10. The van der Waals surface area contributed by atoms with E-state index in [-0.39, 0.29) is 16.5 Å². The molecule has 0 spiro atoms. The fourth-order valence-corrected chi connectivity index (χ4v) is 7.43. The molecule has 4 aromatic carbocycles. The van der Waals surface area contributed by atoms with Crippen molar-refractivity contribution in [1.82, 2.24) is 10.2 Å². The largest absolute Gasteiger partial charge is 0.507 e. The molecule has 1 unspecified atom stereocenters. The van der Waals surface area contributed by atoms with Crippen molar-refractivity contribution in [3.05, 3.63) is 107 Å². The van der Waals surface area contributed by atoms with Gasteiger partial charge in [-0.05, 0) is 52.2 Å². The Morgan fingerprint density at radius 3 is 2.51 bits per heavy atom. The second-order valence-corrected chi connectivity index (χ2v) is 13.0. The van der Waals surface area contributed by atoms with Crippen molar-refractivity contribution >= 4 is 62.1 Å². The molecule has 45 heavy (non-hydrogen) atoms. The van der Waals surface area contributed by atoms with Gasteiger partial charge in [0.1, 0.15) is 19.0 Å². The van der Waals surface area contributed by atoms with E-state index in [4.69, 9.17) is 9.47 Å². The monoisotopic (exact) mass is 636 g/mol. The summed E-state index contributed by atoms with van der Waals surface area (Å²) in [5, 5.41) is 22.9. The third-order valence-electron chi connectivity index (χ3n) is 7.82. The smallest absolute Gasteiger partial charge is 0.301 e. The number of rotatable bonds is 7. The maximum atomic E-state index is 13.7. The molecular weight excluding hydrogens is 609 g/mol. The lowest BCUT2D eigenvalue weighted by Gasteiger charge is -2.23. The average Bonchev–Trinajstić information content (AvgIpc) is 3.64. The molecular formula is C34H28N4O5S2. The number of nitrogens with zero attached hydrogens (tertiary/aromatic N) is 4. The molecule has 226 valence electrons. The second-order valence-electron chi connectivity index (χ2n) is 10.8. The Balaban J connectivity index is 1.26. The number of thioether (sulfide) groups is 1. The van der Waals surface area contributed by atoms with Crippen molar-refractivity contribution in [3.8, 4) is 11.5 Å². The lowest BCUT2D eigenvalue weighted by atomic mass is 9.95. The molecule has 1 saturated heterocycles. The number of fused-ring (bicyclic) bond motifs is 2. The number of aromatic nitrogens is 2. The van der Waals surface area contributed by atoms with Crippen molar-refractivity contribution < 1.29 is 24.2 Å². The molecule has 0 saturated carbocycles. The first-order valence-electron chi connectivity index (χ1n) is 14.3. The van der Waals surface area contributed by atoms with Gasteiger partial charge in [0.25, 0.3) is 5.78 Å². The highest BCUT2D eigenvalue weighted by Gasteiger charge is 2.48. The van der Waals surface area contributed by atoms with E-state index in [0.29, 0.717) is 45.9 Å². The van der Waals surface area contributed by atoms with Crippen LogP contribution in [-0.4, -0.2) is 54.3 Å². The van der Waals surface area contributed by atoms with Gasteiger partial charge in [-0.2, -0.15) is 0 Å². The fourth-order valence-electron chi connectivity index (χ4n) is 5.56. The van der Waals surface area contributed by atoms with Crippen LogP contribution >= 0.6 is 23.1 Å². The predicted molar refractivity (Wildman–Crippen MR) is 176 cm³/mol. The number of hydrogen-bond donors (Lipinski definition) is 1. The van der Waals surface area contributed by atoms with Gasteiger partial charge in [-0.1, -0.05) is 77.7 Å². The van der Waals surface area contributed by atoms with Gasteiger partial charge < -0.3 is 19.5 Å². The Kier molecular flexibility index (Phi) is 7.64. The van der Waals surface area contributed by atoms with Crippen molar-refractivity contribution in [1.29, 1.82) is 0 Å². The zero-order valence-electron chi connectivity index (χ0n) is 24.5.